The van der Waals surface area contributed by atoms with Crippen LogP contribution in [0.2, 0.25) is 0 Å². The molecule has 0 bridgehead atoms. The minimum Gasteiger partial charge on any atom is -0.0651 e. The maximum Gasteiger partial charge on any atom is -0.0298 e. The third-order valence-corrected chi connectivity index (χ3v) is 9.49. The van der Waals surface area contributed by atoms with Crippen LogP contribution in [0.3, 0.4) is 0 Å². The lowest BCUT2D eigenvalue weighted by molar-refractivity contribution is 0.0227. The zero-order valence-corrected chi connectivity index (χ0v) is 20.1. The van der Waals surface area contributed by atoms with Crippen molar-refractivity contribution in [1.29, 1.82) is 0 Å². The molecule has 0 spiro atoms. The summed E-state index contributed by atoms with van der Waals surface area (Å²) in [7, 11) is 0. The maximum absolute atomic E-state index is 2.53. The van der Waals surface area contributed by atoms with Crippen molar-refractivity contribution in [3.05, 3.63) is 0 Å². The van der Waals surface area contributed by atoms with Gasteiger partial charge in [0.15, 0.2) is 0 Å². The molecule has 0 aliphatic carbocycles. The minimum absolute atomic E-state index is 0.397. The summed E-state index contributed by atoms with van der Waals surface area (Å²) in [6.07, 6.45) is 2.60. The lowest BCUT2D eigenvalue weighted by atomic mass is 9.59. The molecule has 0 nitrogen and oxygen atoms in total. The predicted octanol–water partition coefficient (Wildman–Crippen LogP) is 8.56. The van der Waals surface area contributed by atoms with Crippen molar-refractivity contribution in [1.82, 2.24) is 0 Å². The Morgan fingerprint density at radius 2 is 0.840 bits per heavy atom. The fourth-order valence-corrected chi connectivity index (χ4v) is 4.96. The highest BCUT2D eigenvalue weighted by molar-refractivity contribution is 4.89. The minimum atomic E-state index is 0.397. The Hall–Kier alpha value is 0. The molecular formula is C25H52. The van der Waals surface area contributed by atoms with Crippen LogP contribution in [0.5, 0.6) is 0 Å². The topological polar surface area (TPSA) is 0 Å². The molecule has 0 heteroatoms. The highest BCUT2D eigenvalue weighted by Gasteiger charge is 2.40. The highest BCUT2D eigenvalue weighted by Crippen LogP contribution is 2.47. The standard InChI is InChI=1S/C25H52/c1-14-16(3)18(5)19(6)20(7)21(8)22(9)24(11)25(12,13)23(10)17(4)15-2/h16-24H,14-15H2,1-13H3. The molecule has 0 aliphatic heterocycles. The van der Waals surface area contributed by atoms with E-state index in [2.05, 4.69) is 90.0 Å². The summed E-state index contributed by atoms with van der Waals surface area (Å²) in [5.41, 5.74) is 0.397. The van der Waals surface area contributed by atoms with Gasteiger partial charge in [-0.2, -0.15) is 0 Å². The Morgan fingerprint density at radius 1 is 0.480 bits per heavy atom. The molecule has 0 amide bonds. The second-order valence-electron chi connectivity index (χ2n) is 10.5. The van der Waals surface area contributed by atoms with E-state index in [0.29, 0.717) is 5.41 Å². The van der Waals surface area contributed by atoms with Gasteiger partial charge in [-0.1, -0.05) is 103 Å². The summed E-state index contributed by atoms with van der Waals surface area (Å²) in [4.78, 5) is 0. The van der Waals surface area contributed by atoms with Crippen LogP contribution >= 0.6 is 0 Å². The van der Waals surface area contributed by atoms with Crippen molar-refractivity contribution in [3.8, 4) is 0 Å². The molecule has 0 N–H and O–H groups in total. The van der Waals surface area contributed by atoms with Crippen LogP contribution in [-0.4, -0.2) is 0 Å². The van der Waals surface area contributed by atoms with E-state index >= 15 is 0 Å². The van der Waals surface area contributed by atoms with Crippen molar-refractivity contribution >= 4 is 0 Å². The molecule has 0 heterocycles. The van der Waals surface area contributed by atoms with Gasteiger partial charge in [0, 0.05) is 0 Å². The van der Waals surface area contributed by atoms with E-state index in [4.69, 9.17) is 0 Å². The Kier molecular flexibility index (Phi) is 10.4. The van der Waals surface area contributed by atoms with Crippen molar-refractivity contribution in [2.45, 2.75) is 103 Å². The molecular weight excluding hydrogens is 300 g/mol. The molecule has 0 radical (unpaired) electrons. The zero-order chi connectivity index (χ0) is 20.1. The monoisotopic (exact) mass is 352 g/mol. The zero-order valence-electron chi connectivity index (χ0n) is 20.1. The molecule has 0 saturated heterocycles. The third-order valence-electron chi connectivity index (χ3n) is 9.49. The van der Waals surface area contributed by atoms with Gasteiger partial charge in [-0.15, -0.1) is 0 Å². The van der Waals surface area contributed by atoms with E-state index in [1.807, 2.05) is 0 Å². The van der Waals surface area contributed by atoms with Crippen LogP contribution in [0.15, 0.2) is 0 Å². The molecule has 9 atom stereocenters. The van der Waals surface area contributed by atoms with Crippen LogP contribution < -0.4 is 0 Å². The summed E-state index contributed by atoms with van der Waals surface area (Å²) in [6.45, 7) is 32.1. The van der Waals surface area contributed by atoms with Crippen molar-refractivity contribution < 1.29 is 0 Å². The predicted molar refractivity (Wildman–Crippen MR) is 117 cm³/mol. The Labute approximate surface area is 161 Å². The summed E-state index contributed by atoms with van der Waals surface area (Å²) < 4.78 is 0. The Bertz CT molecular complexity index is 355. The highest BCUT2D eigenvalue weighted by atomic mass is 14.4. The second-order valence-corrected chi connectivity index (χ2v) is 10.5. The molecule has 0 saturated carbocycles. The van der Waals surface area contributed by atoms with Gasteiger partial charge in [0.05, 0.1) is 0 Å². The van der Waals surface area contributed by atoms with E-state index in [1.165, 1.54) is 12.8 Å². The van der Waals surface area contributed by atoms with Crippen LogP contribution in [-0.2, 0) is 0 Å². The van der Waals surface area contributed by atoms with E-state index in [-0.39, 0.29) is 0 Å². The van der Waals surface area contributed by atoms with E-state index in [9.17, 15) is 0 Å². The number of hydrogen-bond acceptors (Lipinski definition) is 0. The molecule has 0 aliphatic rings. The summed E-state index contributed by atoms with van der Waals surface area (Å²) in [6, 6.07) is 0. The fraction of sp³-hybridized carbons (Fsp3) is 1.00. The van der Waals surface area contributed by atoms with Gasteiger partial charge in [-0.05, 0) is 58.7 Å². The summed E-state index contributed by atoms with van der Waals surface area (Å²) in [5.74, 6) is 7.11. The van der Waals surface area contributed by atoms with Crippen LogP contribution in [0.1, 0.15) is 103 Å². The summed E-state index contributed by atoms with van der Waals surface area (Å²) >= 11 is 0. The molecule has 0 aromatic rings. The Balaban J connectivity index is 5.15. The molecule has 0 fully saturated rings. The first-order chi connectivity index (χ1) is 11.3. The van der Waals surface area contributed by atoms with Crippen LogP contribution in [0.25, 0.3) is 0 Å². The Morgan fingerprint density at radius 3 is 1.24 bits per heavy atom. The van der Waals surface area contributed by atoms with Gasteiger partial charge in [0.25, 0.3) is 0 Å². The average molecular weight is 353 g/mol. The van der Waals surface area contributed by atoms with Crippen molar-refractivity contribution in [2.75, 3.05) is 0 Å². The SMILES string of the molecule is CCC(C)C(C)C(C)C(C)C(C)C(C)C(C)C(C)(C)C(C)C(C)CC. The molecule has 25 heavy (non-hydrogen) atoms. The fourth-order valence-electron chi connectivity index (χ4n) is 4.96. The molecule has 0 rings (SSSR count). The lowest BCUT2D eigenvalue weighted by Crippen LogP contribution is -2.40. The maximum atomic E-state index is 2.53. The van der Waals surface area contributed by atoms with E-state index in [1.54, 1.807) is 0 Å². The van der Waals surface area contributed by atoms with Gasteiger partial charge in [0.2, 0.25) is 0 Å². The largest absolute Gasteiger partial charge is 0.0651 e. The third kappa shape index (κ3) is 6.00. The number of rotatable bonds is 11. The van der Waals surface area contributed by atoms with Crippen molar-refractivity contribution in [2.24, 2.45) is 58.7 Å². The van der Waals surface area contributed by atoms with E-state index in [0.717, 1.165) is 53.3 Å². The van der Waals surface area contributed by atoms with E-state index < -0.39 is 0 Å². The number of hydrogen-bond donors (Lipinski definition) is 0. The molecule has 152 valence electrons. The normalized spacial score (nSPS) is 23.9. The average Bonchev–Trinajstić information content (AvgIpc) is 2.61. The lowest BCUT2D eigenvalue weighted by Gasteiger charge is -2.46. The van der Waals surface area contributed by atoms with Crippen molar-refractivity contribution in [3.63, 3.8) is 0 Å². The molecule has 9 unspecified atom stereocenters. The first-order valence-corrected chi connectivity index (χ1v) is 11.3. The van der Waals surface area contributed by atoms with Gasteiger partial charge >= 0.3 is 0 Å². The van der Waals surface area contributed by atoms with Gasteiger partial charge in [0.1, 0.15) is 0 Å². The van der Waals surface area contributed by atoms with Crippen LogP contribution in [0.4, 0.5) is 0 Å². The van der Waals surface area contributed by atoms with Gasteiger partial charge < -0.3 is 0 Å². The summed E-state index contributed by atoms with van der Waals surface area (Å²) in [5, 5.41) is 0. The quantitative estimate of drug-likeness (QED) is 0.349. The first-order valence-electron chi connectivity index (χ1n) is 11.3. The molecule has 0 aromatic carbocycles. The molecule has 0 aromatic heterocycles. The van der Waals surface area contributed by atoms with Gasteiger partial charge in [-0.3, -0.25) is 0 Å². The first kappa shape index (κ1) is 25.0. The second kappa shape index (κ2) is 10.4. The smallest absolute Gasteiger partial charge is 0.0298 e. The van der Waals surface area contributed by atoms with Crippen LogP contribution in [0, 0.1) is 58.7 Å². The van der Waals surface area contributed by atoms with Gasteiger partial charge in [-0.25, -0.2) is 0 Å².